The Balaban J connectivity index is 1.50. The van der Waals surface area contributed by atoms with Gasteiger partial charge in [-0.25, -0.2) is 4.98 Å². The fourth-order valence-corrected chi connectivity index (χ4v) is 10.5. The average molecular weight is 745 g/mol. The molecule has 0 fully saturated rings. The Morgan fingerprint density at radius 1 is 0.500 bits per heavy atom. The Morgan fingerprint density at radius 2 is 1.03 bits per heavy atom. The fourth-order valence-electron chi connectivity index (χ4n) is 10.5. The van der Waals surface area contributed by atoms with Crippen molar-refractivity contribution in [2.45, 2.75) is 11.0 Å². The fraction of sp³-hybridized carbons (Fsp3) is 0.0465. The summed E-state index contributed by atoms with van der Waals surface area (Å²) in [5.74, 6) is -1.73. The molecule has 0 amide bonds. The zero-order valence-corrected chi connectivity index (χ0v) is 34.5. The molecule has 1 heterocycles. The summed E-state index contributed by atoms with van der Waals surface area (Å²) in [6.07, 6.45) is 8.45. The van der Waals surface area contributed by atoms with Crippen molar-refractivity contribution in [2.24, 2.45) is 0 Å². The van der Waals surface area contributed by atoms with Gasteiger partial charge in [-0.2, -0.15) is 0 Å². The van der Waals surface area contributed by atoms with Gasteiger partial charge in [0.1, 0.15) is 82.0 Å². The van der Waals surface area contributed by atoms with Crippen molar-refractivity contribution in [3.8, 4) is 45.5 Å². The van der Waals surface area contributed by atoms with E-state index in [2.05, 4.69) is 118 Å². The summed E-state index contributed by atoms with van der Waals surface area (Å²) in [6, 6.07) is 26.6. The summed E-state index contributed by atoms with van der Waals surface area (Å²) in [7, 11) is 19.3. The van der Waals surface area contributed by atoms with Gasteiger partial charge in [0.25, 0.3) is 0 Å². The van der Waals surface area contributed by atoms with E-state index < -0.39 is 34.0 Å². The van der Waals surface area contributed by atoms with E-state index >= 15 is 0 Å². The van der Waals surface area contributed by atoms with Crippen molar-refractivity contribution in [2.75, 3.05) is 0 Å². The van der Waals surface area contributed by atoms with Gasteiger partial charge >= 0.3 is 0 Å². The second-order valence-electron chi connectivity index (χ2n) is 16.4. The Labute approximate surface area is 346 Å². The molecule has 58 heavy (non-hydrogen) atoms. The third-order valence-corrected chi connectivity index (χ3v) is 14.1. The number of allylic oxidation sites excluding steroid dienone is 9. The number of aromatic hydroxyl groups is 4. The highest BCUT2D eigenvalue weighted by atomic mass is 16.3. The van der Waals surface area contributed by atoms with Gasteiger partial charge in [-0.1, -0.05) is 113 Å². The topological polar surface area (TPSA) is 98.7 Å². The van der Waals surface area contributed by atoms with Gasteiger partial charge in [-0.15, -0.1) is 27.3 Å². The van der Waals surface area contributed by atoms with Crippen LogP contribution in [0.1, 0.15) is 16.7 Å². The molecule has 3 aliphatic carbocycles. The first kappa shape index (κ1) is 37.6. The molecule has 9 rings (SSSR count). The summed E-state index contributed by atoms with van der Waals surface area (Å²) >= 11 is 0. The van der Waals surface area contributed by atoms with Gasteiger partial charge in [0, 0.05) is 16.7 Å². The van der Waals surface area contributed by atoms with E-state index in [4.69, 9.17) is 4.98 Å². The van der Waals surface area contributed by atoms with Gasteiger partial charge in [-0.05, 0) is 40.0 Å². The summed E-state index contributed by atoms with van der Waals surface area (Å²) < 4.78 is 2.32. The van der Waals surface area contributed by atoms with Crippen LogP contribution in [0.3, 0.4) is 0 Å². The summed E-state index contributed by atoms with van der Waals surface area (Å²) in [5.41, 5.74) is 15.3. The van der Waals surface area contributed by atoms with Crippen LogP contribution in [0.15, 0.2) is 131 Å². The van der Waals surface area contributed by atoms with Crippen molar-refractivity contribution >= 4 is 115 Å². The molecule has 6 aromatic rings. The number of phenols is 4. The molecule has 4 N–H and O–H groups in total. The van der Waals surface area contributed by atoms with E-state index in [-0.39, 0.29) is 5.56 Å². The zero-order valence-electron chi connectivity index (χ0n) is 34.5. The predicted molar refractivity (Wildman–Crippen MR) is 263 cm³/mol. The monoisotopic (exact) mass is 746 g/mol. The van der Waals surface area contributed by atoms with Crippen LogP contribution in [0.4, 0.5) is 0 Å². The van der Waals surface area contributed by atoms with Crippen molar-refractivity contribution in [1.29, 1.82) is 0 Å². The van der Waals surface area contributed by atoms with Crippen molar-refractivity contribution in [3.63, 3.8) is 0 Å². The van der Waals surface area contributed by atoms with E-state index in [1.807, 2.05) is 60.7 Å². The highest BCUT2D eigenvalue weighted by Gasteiger charge is 2.64. The maximum Gasteiger partial charge on any atom is 0.204 e. The van der Waals surface area contributed by atoms with E-state index in [9.17, 15) is 20.4 Å². The molecular formula is C43H39B9N2O4. The number of fused-ring (bicyclic) bond motifs is 4. The number of nitrogens with zero attached hydrogens (tertiary/aromatic N) is 2. The van der Waals surface area contributed by atoms with Gasteiger partial charge < -0.3 is 25.0 Å². The molecule has 6 nitrogen and oxygen atoms in total. The molecular weight excluding hydrogens is 706 g/mol. The Hall–Kier alpha value is -5.95. The Kier molecular flexibility index (Phi) is 8.46. The molecule has 1 atom stereocenters. The van der Waals surface area contributed by atoms with Crippen LogP contribution in [0.5, 0.6) is 23.0 Å². The number of hydrogen-bond acceptors (Lipinski definition) is 5. The maximum absolute atomic E-state index is 12.5. The zero-order chi connectivity index (χ0) is 41.2. The summed E-state index contributed by atoms with van der Waals surface area (Å²) in [6.45, 7) is 0. The quantitative estimate of drug-likeness (QED) is 0.0822. The van der Waals surface area contributed by atoms with Crippen LogP contribution < -0.4 is 27.3 Å². The molecule has 3 aliphatic rings. The van der Waals surface area contributed by atoms with Crippen LogP contribution in [-0.4, -0.2) is 101 Å². The second-order valence-corrected chi connectivity index (χ2v) is 16.4. The number of imidazole rings is 1. The largest absolute Gasteiger partial charge is 0.504 e. The lowest BCUT2D eigenvalue weighted by molar-refractivity contribution is 0.314. The molecule has 0 bridgehead atoms. The highest BCUT2D eigenvalue weighted by Crippen LogP contribution is 2.70. The van der Waals surface area contributed by atoms with E-state index in [0.717, 1.165) is 77.5 Å². The Bertz CT molecular complexity index is 2950. The molecule has 272 valence electrons. The first-order chi connectivity index (χ1) is 27.7. The lowest BCUT2D eigenvalue weighted by atomic mass is 9.44. The van der Waals surface area contributed by atoms with Crippen molar-refractivity contribution in [3.05, 3.63) is 147 Å². The van der Waals surface area contributed by atoms with E-state index in [1.165, 1.54) is 16.4 Å². The number of hydrogen-bond donors (Lipinski definition) is 4. The van der Waals surface area contributed by atoms with E-state index in [0.29, 0.717) is 11.1 Å². The number of phenolic OH excluding ortho intramolecular Hbond substituents is 4. The molecule has 15 heteroatoms. The molecule has 0 aliphatic heterocycles. The first-order valence-electron chi connectivity index (χ1n) is 19.9. The number of benzene rings is 5. The second kappa shape index (κ2) is 13.0. The van der Waals surface area contributed by atoms with Crippen molar-refractivity contribution in [1.82, 2.24) is 9.55 Å². The standard InChI is InChI=1S/C43H39B9N2O4/c44-28-25(29(45)32(48)34(50)31(28)47)41-53-21-10-4-5-11-22(21)54(41)42(16-6-7-17-42)43-26(30(46)33(49)35(51)40(43)52)23(24-27(43)37(56)39(58)38(57)36(24)55)20-14-12-19(13-15-20)18-8-2-1-3-9-18/h1-17,55-58H,44-52H2. The number of rotatable bonds is 5. The van der Waals surface area contributed by atoms with Gasteiger partial charge in [0.15, 0.2) is 11.5 Å². The van der Waals surface area contributed by atoms with Crippen LogP contribution in [-0.2, 0) is 11.0 Å². The maximum atomic E-state index is 12.5. The van der Waals surface area contributed by atoms with E-state index in [1.54, 1.807) is 0 Å². The number of aromatic nitrogens is 2. The lowest BCUT2D eigenvalue weighted by Gasteiger charge is -2.53. The van der Waals surface area contributed by atoms with Crippen LogP contribution in [0.25, 0.3) is 39.1 Å². The Morgan fingerprint density at radius 3 is 1.67 bits per heavy atom. The highest BCUT2D eigenvalue weighted by molar-refractivity contribution is 6.68. The summed E-state index contributed by atoms with van der Waals surface area (Å²) in [4.78, 5) is 5.48. The third kappa shape index (κ3) is 4.64. The lowest BCUT2D eigenvalue weighted by Crippen LogP contribution is -2.57. The molecule has 0 saturated carbocycles. The van der Waals surface area contributed by atoms with Gasteiger partial charge in [0.05, 0.1) is 16.4 Å². The normalized spacial score (nSPS) is 18.1. The molecule has 1 aromatic heterocycles. The molecule has 0 radical (unpaired) electrons. The molecule has 1 unspecified atom stereocenters. The molecule has 0 spiro atoms. The minimum absolute atomic E-state index is 0.282. The third-order valence-electron chi connectivity index (χ3n) is 14.1. The molecule has 0 saturated heterocycles. The smallest absolute Gasteiger partial charge is 0.204 e. The summed E-state index contributed by atoms with van der Waals surface area (Å²) in [5, 5.41) is 47.8. The minimum atomic E-state index is -1.28. The van der Waals surface area contributed by atoms with Gasteiger partial charge in [-0.3, -0.25) is 0 Å². The minimum Gasteiger partial charge on any atom is -0.504 e. The van der Waals surface area contributed by atoms with Crippen molar-refractivity contribution < 1.29 is 20.4 Å². The predicted octanol–water partition coefficient (Wildman–Crippen LogP) is -3.97. The SMILES string of the molecule is BC1=C(B)C2=C(c3ccc(-c4ccccc4)cc3)c3c(O)c(O)c(O)c(O)c3C2(C2(n3c(-c4c(B)c(B)c(B)c(B)c4B)nc4ccccc43)C=CC=C2)C(B)=C1B. The van der Waals surface area contributed by atoms with Gasteiger partial charge in [0.2, 0.25) is 11.5 Å². The first-order valence-corrected chi connectivity index (χ1v) is 19.9. The molecule has 5 aromatic carbocycles. The van der Waals surface area contributed by atoms with Crippen LogP contribution >= 0.6 is 0 Å². The van der Waals surface area contributed by atoms with Crippen LogP contribution in [0, 0.1) is 0 Å². The van der Waals surface area contributed by atoms with Crippen LogP contribution in [0.2, 0.25) is 0 Å². The average Bonchev–Trinajstić information content (AvgIpc) is 3.97. The number of para-hydroxylation sites is 2.